The summed E-state index contributed by atoms with van der Waals surface area (Å²) in [4.78, 5) is 13.9. The predicted molar refractivity (Wildman–Crippen MR) is 73.1 cm³/mol. The Bertz CT molecular complexity index is 449. The number of hydrogen-bond donors (Lipinski definition) is 1. The number of benzene rings is 1. The molecule has 0 aliphatic carbocycles. The summed E-state index contributed by atoms with van der Waals surface area (Å²) in [6, 6.07) is 5.81. The molecule has 0 radical (unpaired) electrons. The molecule has 1 heterocycles. The minimum Gasteiger partial charge on any atom is -0.325 e. The van der Waals surface area contributed by atoms with E-state index in [1.165, 1.54) is 0 Å². The first-order chi connectivity index (χ1) is 8.15. The monoisotopic (exact) mass is 294 g/mol. The molecular formula is C13H15BrN2O. The van der Waals surface area contributed by atoms with Crippen molar-refractivity contribution in [3.05, 3.63) is 40.4 Å². The van der Waals surface area contributed by atoms with Gasteiger partial charge in [0.2, 0.25) is 5.91 Å². The molecule has 1 aromatic rings. The first-order valence-electron chi connectivity index (χ1n) is 5.58. The highest BCUT2D eigenvalue weighted by Gasteiger charge is 2.11. The van der Waals surface area contributed by atoms with E-state index in [1.54, 1.807) is 0 Å². The Morgan fingerprint density at radius 3 is 2.76 bits per heavy atom. The van der Waals surface area contributed by atoms with Gasteiger partial charge in [0.15, 0.2) is 0 Å². The van der Waals surface area contributed by atoms with Crippen LogP contribution in [0.15, 0.2) is 34.8 Å². The first-order valence-corrected chi connectivity index (χ1v) is 6.38. The van der Waals surface area contributed by atoms with Crippen LogP contribution in [-0.2, 0) is 4.79 Å². The van der Waals surface area contributed by atoms with E-state index in [4.69, 9.17) is 0 Å². The molecule has 1 amide bonds. The molecule has 0 saturated carbocycles. The summed E-state index contributed by atoms with van der Waals surface area (Å²) in [5, 5.41) is 2.91. The van der Waals surface area contributed by atoms with E-state index in [-0.39, 0.29) is 5.91 Å². The van der Waals surface area contributed by atoms with Crippen LogP contribution in [0.5, 0.6) is 0 Å². The summed E-state index contributed by atoms with van der Waals surface area (Å²) < 4.78 is 1.05. The summed E-state index contributed by atoms with van der Waals surface area (Å²) in [6.45, 7) is 4.19. The number of amides is 1. The molecule has 4 heteroatoms. The minimum absolute atomic E-state index is 0.0374. The van der Waals surface area contributed by atoms with Gasteiger partial charge in [-0.3, -0.25) is 9.69 Å². The van der Waals surface area contributed by atoms with E-state index in [0.717, 1.165) is 28.8 Å². The summed E-state index contributed by atoms with van der Waals surface area (Å²) in [7, 11) is 0. The minimum atomic E-state index is 0.0374. The van der Waals surface area contributed by atoms with Crippen molar-refractivity contribution in [2.45, 2.75) is 6.92 Å². The standard InChI is InChI=1S/C13H15BrN2O/c1-10-8-11(4-5-12(10)14)15-13(17)9-16-6-2-3-7-16/h2-5,8H,6-7,9H2,1H3,(H,15,17). The van der Waals surface area contributed by atoms with Crippen molar-refractivity contribution in [3.63, 3.8) is 0 Å². The largest absolute Gasteiger partial charge is 0.325 e. The number of halogens is 1. The third-order valence-corrected chi connectivity index (χ3v) is 3.59. The van der Waals surface area contributed by atoms with Crippen LogP contribution in [0.3, 0.4) is 0 Å². The maximum atomic E-state index is 11.8. The van der Waals surface area contributed by atoms with Crippen LogP contribution in [0.25, 0.3) is 0 Å². The fraction of sp³-hybridized carbons (Fsp3) is 0.308. The molecule has 17 heavy (non-hydrogen) atoms. The lowest BCUT2D eigenvalue weighted by Gasteiger charge is -2.14. The van der Waals surface area contributed by atoms with Gasteiger partial charge >= 0.3 is 0 Å². The lowest BCUT2D eigenvalue weighted by Crippen LogP contribution is -2.31. The van der Waals surface area contributed by atoms with Gasteiger partial charge in [0.25, 0.3) is 0 Å². The Labute approximate surface area is 110 Å². The van der Waals surface area contributed by atoms with Crippen LogP contribution >= 0.6 is 15.9 Å². The summed E-state index contributed by atoms with van der Waals surface area (Å²) in [5.41, 5.74) is 1.97. The lowest BCUT2D eigenvalue weighted by atomic mass is 10.2. The number of rotatable bonds is 3. The molecule has 0 atom stereocenters. The topological polar surface area (TPSA) is 32.3 Å². The first kappa shape index (κ1) is 12.3. The van der Waals surface area contributed by atoms with E-state index in [1.807, 2.05) is 25.1 Å². The number of nitrogens with zero attached hydrogens (tertiary/aromatic N) is 1. The molecule has 0 unspecified atom stereocenters. The third kappa shape index (κ3) is 3.41. The van der Waals surface area contributed by atoms with Crippen LogP contribution in [0.1, 0.15) is 5.56 Å². The normalized spacial score (nSPS) is 15.2. The molecule has 0 bridgehead atoms. The van der Waals surface area contributed by atoms with Gasteiger partial charge in [0, 0.05) is 23.2 Å². The molecule has 3 nitrogen and oxygen atoms in total. The average Bonchev–Trinajstić information content (AvgIpc) is 2.76. The van der Waals surface area contributed by atoms with Crippen LogP contribution in [0.2, 0.25) is 0 Å². The quantitative estimate of drug-likeness (QED) is 0.869. The second kappa shape index (κ2) is 5.47. The zero-order chi connectivity index (χ0) is 12.3. The molecule has 0 saturated heterocycles. The van der Waals surface area contributed by atoms with Crippen molar-refractivity contribution in [1.29, 1.82) is 0 Å². The fourth-order valence-electron chi connectivity index (χ4n) is 1.78. The Morgan fingerprint density at radius 1 is 1.41 bits per heavy atom. The number of anilines is 1. The molecule has 90 valence electrons. The van der Waals surface area contributed by atoms with Crippen molar-refractivity contribution in [2.24, 2.45) is 0 Å². The molecule has 1 aliphatic rings. The van der Waals surface area contributed by atoms with Gasteiger partial charge in [-0.05, 0) is 30.7 Å². The SMILES string of the molecule is Cc1cc(NC(=O)CN2CC=CC2)ccc1Br. The number of aryl methyl sites for hydroxylation is 1. The second-order valence-corrected chi connectivity index (χ2v) is 5.03. The predicted octanol–water partition coefficient (Wildman–Crippen LogP) is 2.57. The maximum absolute atomic E-state index is 11.8. The van der Waals surface area contributed by atoms with Crippen molar-refractivity contribution in [2.75, 3.05) is 25.0 Å². The van der Waals surface area contributed by atoms with Crippen LogP contribution in [0, 0.1) is 6.92 Å². The van der Waals surface area contributed by atoms with Crippen LogP contribution in [-0.4, -0.2) is 30.4 Å². The fourth-order valence-corrected chi connectivity index (χ4v) is 2.02. The number of carbonyl (C=O) groups is 1. The zero-order valence-corrected chi connectivity index (χ0v) is 11.3. The van der Waals surface area contributed by atoms with Crippen LogP contribution in [0.4, 0.5) is 5.69 Å². The van der Waals surface area contributed by atoms with Gasteiger partial charge in [-0.2, -0.15) is 0 Å². The molecule has 1 aliphatic heterocycles. The molecule has 0 fully saturated rings. The van der Waals surface area contributed by atoms with Crippen molar-refractivity contribution in [3.8, 4) is 0 Å². The Kier molecular flexibility index (Phi) is 3.97. The average molecular weight is 295 g/mol. The molecular weight excluding hydrogens is 280 g/mol. The lowest BCUT2D eigenvalue weighted by molar-refractivity contribution is -0.117. The maximum Gasteiger partial charge on any atom is 0.238 e. The highest BCUT2D eigenvalue weighted by molar-refractivity contribution is 9.10. The van der Waals surface area contributed by atoms with Gasteiger partial charge in [-0.1, -0.05) is 28.1 Å². The smallest absolute Gasteiger partial charge is 0.238 e. The van der Waals surface area contributed by atoms with E-state index >= 15 is 0 Å². The highest BCUT2D eigenvalue weighted by atomic mass is 79.9. The molecule has 0 aromatic heterocycles. The third-order valence-electron chi connectivity index (χ3n) is 2.70. The van der Waals surface area contributed by atoms with Gasteiger partial charge in [-0.25, -0.2) is 0 Å². The number of carbonyl (C=O) groups excluding carboxylic acids is 1. The van der Waals surface area contributed by atoms with E-state index in [9.17, 15) is 4.79 Å². The summed E-state index contributed by atoms with van der Waals surface area (Å²) >= 11 is 3.44. The Hall–Kier alpha value is -1.13. The Morgan fingerprint density at radius 2 is 2.12 bits per heavy atom. The van der Waals surface area contributed by atoms with Gasteiger partial charge in [0.05, 0.1) is 6.54 Å². The van der Waals surface area contributed by atoms with Gasteiger partial charge in [0.1, 0.15) is 0 Å². The van der Waals surface area contributed by atoms with Gasteiger partial charge in [-0.15, -0.1) is 0 Å². The van der Waals surface area contributed by atoms with Crippen molar-refractivity contribution < 1.29 is 4.79 Å². The van der Waals surface area contributed by atoms with Crippen molar-refractivity contribution in [1.82, 2.24) is 4.90 Å². The number of nitrogens with one attached hydrogen (secondary N) is 1. The van der Waals surface area contributed by atoms with Crippen molar-refractivity contribution >= 4 is 27.5 Å². The molecule has 0 spiro atoms. The van der Waals surface area contributed by atoms with E-state index < -0.39 is 0 Å². The molecule has 1 aromatic carbocycles. The van der Waals surface area contributed by atoms with Gasteiger partial charge < -0.3 is 5.32 Å². The second-order valence-electron chi connectivity index (χ2n) is 4.18. The zero-order valence-electron chi connectivity index (χ0n) is 9.74. The number of hydrogen-bond acceptors (Lipinski definition) is 2. The molecule has 2 rings (SSSR count). The van der Waals surface area contributed by atoms with E-state index in [0.29, 0.717) is 6.54 Å². The highest BCUT2D eigenvalue weighted by Crippen LogP contribution is 2.19. The Balaban J connectivity index is 1.91. The summed E-state index contributed by atoms with van der Waals surface area (Å²) in [6.07, 6.45) is 4.16. The van der Waals surface area contributed by atoms with E-state index in [2.05, 4.69) is 38.3 Å². The van der Waals surface area contributed by atoms with Crippen LogP contribution < -0.4 is 5.32 Å². The summed E-state index contributed by atoms with van der Waals surface area (Å²) in [5.74, 6) is 0.0374. The molecule has 1 N–H and O–H groups in total.